The highest BCUT2D eigenvalue weighted by Gasteiger charge is 2.14. The predicted octanol–water partition coefficient (Wildman–Crippen LogP) is 5.05. The molecule has 20 heavy (non-hydrogen) atoms. The Kier molecular flexibility index (Phi) is 5.53. The molecule has 3 rings (SSSR count). The molecule has 1 heterocycles. The normalized spacial score (nSPS) is 15.2. The van der Waals surface area contributed by atoms with E-state index in [9.17, 15) is 0 Å². The summed E-state index contributed by atoms with van der Waals surface area (Å²) >= 11 is 5.89. The van der Waals surface area contributed by atoms with Crippen LogP contribution in [0.1, 0.15) is 31.4 Å². The molecule has 1 N–H and O–H groups in total. The first-order valence-electron chi connectivity index (χ1n) is 6.89. The summed E-state index contributed by atoms with van der Waals surface area (Å²) < 4.78 is 5.86. The maximum Gasteiger partial charge on any atom is 0.134 e. The lowest BCUT2D eigenvalue weighted by atomic mass is 10.2. The number of hydrogen-bond acceptors (Lipinski definition) is 2. The van der Waals surface area contributed by atoms with E-state index in [1.54, 1.807) is 0 Å². The van der Waals surface area contributed by atoms with Gasteiger partial charge in [-0.25, -0.2) is 0 Å². The molecule has 0 aliphatic heterocycles. The van der Waals surface area contributed by atoms with Crippen LogP contribution in [0.15, 0.2) is 40.8 Å². The third-order valence-corrected chi connectivity index (χ3v) is 3.96. The highest BCUT2D eigenvalue weighted by molar-refractivity contribution is 6.30. The zero-order valence-electron chi connectivity index (χ0n) is 11.3. The Morgan fingerprint density at radius 2 is 1.75 bits per heavy atom. The molecule has 108 valence electrons. The molecule has 1 aromatic heterocycles. The monoisotopic (exact) mass is 311 g/mol. The summed E-state index contributed by atoms with van der Waals surface area (Å²) in [5, 5.41) is 4.31. The fourth-order valence-corrected chi connectivity index (χ4v) is 2.74. The molecule has 1 aliphatic carbocycles. The first kappa shape index (κ1) is 15.4. The van der Waals surface area contributed by atoms with Crippen LogP contribution < -0.4 is 5.32 Å². The minimum Gasteiger partial charge on any atom is -0.460 e. The summed E-state index contributed by atoms with van der Waals surface area (Å²) in [6, 6.07) is 12.5. The van der Waals surface area contributed by atoms with Gasteiger partial charge in [0, 0.05) is 16.6 Å². The summed E-state index contributed by atoms with van der Waals surface area (Å²) in [6.07, 6.45) is 5.30. The van der Waals surface area contributed by atoms with E-state index >= 15 is 0 Å². The average molecular weight is 312 g/mol. The van der Waals surface area contributed by atoms with Crippen molar-refractivity contribution in [3.8, 4) is 11.3 Å². The van der Waals surface area contributed by atoms with Crippen LogP contribution in [-0.4, -0.2) is 6.04 Å². The van der Waals surface area contributed by atoms with Gasteiger partial charge in [0.25, 0.3) is 0 Å². The molecule has 0 bridgehead atoms. The number of halogens is 2. The molecule has 0 atom stereocenters. The molecule has 4 heteroatoms. The van der Waals surface area contributed by atoms with E-state index in [2.05, 4.69) is 5.32 Å². The van der Waals surface area contributed by atoms with Gasteiger partial charge < -0.3 is 9.73 Å². The van der Waals surface area contributed by atoms with Crippen molar-refractivity contribution in [3.05, 3.63) is 47.2 Å². The van der Waals surface area contributed by atoms with Crippen LogP contribution in [-0.2, 0) is 6.54 Å². The van der Waals surface area contributed by atoms with Gasteiger partial charge in [-0.3, -0.25) is 0 Å². The van der Waals surface area contributed by atoms with Gasteiger partial charge in [0.15, 0.2) is 0 Å². The third kappa shape index (κ3) is 3.78. The van der Waals surface area contributed by atoms with Crippen molar-refractivity contribution in [1.29, 1.82) is 0 Å². The molecule has 1 saturated carbocycles. The molecule has 1 fully saturated rings. The number of nitrogens with one attached hydrogen (secondary N) is 1. The maximum absolute atomic E-state index is 5.89. The van der Waals surface area contributed by atoms with E-state index in [1.807, 2.05) is 36.4 Å². The molecule has 2 nitrogen and oxygen atoms in total. The van der Waals surface area contributed by atoms with E-state index in [0.29, 0.717) is 6.04 Å². The van der Waals surface area contributed by atoms with Crippen molar-refractivity contribution in [2.45, 2.75) is 38.3 Å². The minimum atomic E-state index is 0. The van der Waals surface area contributed by atoms with Crippen LogP contribution in [0, 0.1) is 0 Å². The smallest absolute Gasteiger partial charge is 0.134 e. The third-order valence-electron chi connectivity index (χ3n) is 3.71. The van der Waals surface area contributed by atoms with Crippen molar-refractivity contribution in [3.63, 3.8) is 0 Å². The zero-order chi connectivity index (χ0) is 13.1. The Morgan fingerprint density at radius 1 is 1.05 bits per heavy atom. The molecule has 2 aromatic rings. The van der Waals surface area contributed by atoms with Gasteiger partial charge in [-0.05, 0) is 49.2 Å². The molecule has 0 spiro atoms. The summed E-state index contributed by atoms with van der Waals surface area (Å²) in [6.45, 7) is 0.818. The predicted molar refractivity (Wildman–Crippen MR) is 85.5 cm³/mol. The van der Waals surface area contributed by atoms with E-state index in [4.69, 9.17) is 16.0 Å². The summed E-state index contributed by atoms with van der Waals surface area (Å²) in [4.78, 5) is 0. The van der Waals surface area contributed by atoms with Crippen molar-refractivity contribution >= 4 is 24.0 Å². The fourth-order valence-electron chi connectivity index (χ4n) is 2.62. The van der Waals surface area contributed by atoms with Crippen LogP contribution >= 0.6 is 24.0 Å². The average Bonchev–Trinajstić information content (AvgIpc) is 3.09. The minimum absolute atomic E-state index is 0. The van der Waals surface area contributed by atoms with Gasteiger partial charge in [-0.2, -0.15) is 0 Å². The van der Waals surface area contributed by atoms with Crippen molar-refractivity contribution in [1.82, 2.24) is 5.32 Å². The first-order valence-corrected chi connectivity index (χ1v) is 7.27. The molecule has 0 saturated heterocycles. The molecule has 1 aliphatic rings. The van der Waals surface area contributed by atoms with E-state index in [1.165, 1.54) is 25.7 Å². The van der Waals surface area contributed by atoms with Crippen molar-refractivity contribution in [2.75, 3.05) is 0 Å². The maximum atomic E-state index is 5.89. The van der Waals surface area contributed by atoms with E-state index < -0.39 is 0 Å². The zero-order valence-corrected chi connectivity index (χ0v) is 12.8. The molecule has 0 unspecified atom stereocenters. The SMILES string of the molecule is Cl.Clc1ccc(-c2ccc(CNC3CCCC3)o2)cc1. The second-order valence-corrected chi connectivity index (χ2v) is 5.57. The molecular weight excluding hydrogens is 293 g/mol. The first-order chi connectivity index (χ1) is 9.31. The number of benzene rings is 1. The second-order valence-electron chi connectivity index (χ2n) is 5.14. The van der Waals surface area contributed by atoms with E-state index in [-0.39, 0.29) is 12.4 Å². The van der Waals surface area contributed by atoms with Crippen LogP contribution in [0.3, 0.4) is 0 Å². The Bertz CT molecular complexity index is 530. The van der Waals surface area contributed by atoms with E-state index in [0.717, 1.165) is 28.7 Å². The number of furan rings is 1. The van der Waals surface area contributed by atoms with Gasteiger partial charge in [0.1, 0.15) is 11.5 Å². The van der Waals surface area contributed by atoms with Gasteiger partial charge in [0.05, 0.1) is 6.54 Å². The summed E-state index contributed by atoms with van der Waals surface area (Å²) in [5.74, 6) is 1.90. The molecule has 0 amide bonds. The van der Waals surface area contributed by atoms with Crippen LogP contribution in [0.5, 0.6) is 0 Å². The van der Waals surface area contributed by atoms with Gasteiger partial charge in [-0.15, -0.1) is 12.4 Å². The number of rotatable bonds is 4. The Hall–Kier alpha value is -0.960. The lowest BCUT2D eigenvalue weighted by Crippen LogP contribution is -2.24. The van der Waals surface area contributed by atoms with Gasteiger partial charge in [0.2, 0.25) is 0 Å². The summed E-state index contributed by atoms with van der Waals surface area (Å²) in [7, 11) is 0. The lowest BCUT2D eigenvalue weighted by molar-refractivity contribution is 0.452. The summed E-state index contributed by atoms with van der Waals surface area (Å²) in [5.41, 5.74) is 1.07. The molecule has 0 radical (unpaired) electrons. The fraction of sp³-hybridized carbons (Fsp3) is 0.375. The van der Waals surface area contributed by atoms with Crippen LogP contribution in [0.4, 0.5) is 0 Å². The second kappa shape index (κ2) is 7.16. The Labute approximate surface area is 130 Å². The highest BCUT2D eigenvalue weighted by Crippen LogP contribution is 2.24. The molecular formula is C16H19Cl2NO. The standard InChI is InChI=1S/C16H18ClNO.ClH/c17-13-7-5-12(6-8-13)16-10-9-15(19-16)11-18-14-3-1-2-4-14;/h5-10,14,18H,1-4,11H2;1H. The van der Waals surface area contributed by atoms with Crippen LogP contribution in [0.25, 0.3) is 11.3 Å². The number of hydrogen-bond donors (Lipinski definition) is 1. The topological polar surface area (TPSA) is 25.2 Å². The van der Waals surface area contributed by atoms with Crippen molar-refractivity contribution in [2.24, 2.45) is 0 Å². The van der Waals surface area contributed by atoms with Gasteiger partial charge >= 0.3 is 0 Å². The largest absolute Gasteiger partial charge is 0.460 e. The van der Waals surface area contributed by atoms with Crippen LogP contribution in [0.2, 0.25) is 5.02 Å². The Balaban J connectivity index is 0.00000147. The Morgan fingerprint density at radius 3 is 2.45 bits per heavy atom. The van der Waals surface area contributed by atoms with Gasteiger partial charge in [-0.1, -0.05) is 24.4 Å². The highest BCUT2D eigenvalue weighted by atomic mass is 35.5. The quantitative estimate of drug-likeness (QED) is 0.854. The van der Waals surface area contributed by atoms with Crippen molar-refractivity contribution < 1.29 is 4.42 Å². The lowest BCUT2D eigenvalue weighted by Gasteiger charge is -2.09. The molecule has 1 aromatic carbocycles.